The Morgan fingerprint density at radius 2 is 2.00 bits per heavy atom. The van der Waals surface area contributed by atoms with E-state index >= 15 is 0 Å². The van der Waals surface area contributed by atoms with Crippen LogP contribution < -0.4 is 0 Å². The van der Waals surface area contributed by atoms with Gasteiger partial charge in [-0.3, -0.25) is 4.79 Å². The number of rotatable bonds is 1. The van der Waals surface area contributed by atoms with E-state index in [9.17, 15) is 4.79 Å². The number of Topliss-reactive ketones (excluding diaryl/α,β-unsaturated/α-hetero) is 1. The molecule has 0 amide bonds. The summed E-state index contributed by atoms with van der Waals surface area (Å²) in [6, 6.07) is 9.86. The van der Waals surface area contributed by atoms with Crippen LogP contribution >= 0.6 is 0 Å². The van der Waals surface area contributed by atoms with Crippen molar-refractivity contribution in [2.45, 2.75) is 25.4 Å². The van der Waals surface area contributed by atoms with Crippen LogP contribution in [0.3, 0.4) is 0 Å². The minimum Gasteiger partial charge on any atom is -0.486 e. The highest BCUT2D eigenvalue weighted by Crippen LogP contribution is 2.38. The van der Waals surface area contributed by atoms with E-state index in [2.05, 4.69) is 0 Å². The van der Waals surface area contributed by atoms with Gasteiger partial charge in [-0.1, -0.05) is 30.3 Å². The number of fused-ring (bicyclic) bond motifs is 1. The smallest absolute Gasteiger partial charge is 0.204 e. The van der Waals surface area contributed by atoms with Gasteiger partial charge in [0.15, 0.2) is 5.76 Å². The van der Waals surface area contributed by atoms with E-state index in [1.165, 1.54) is 0 Å². The molecule has 2 nitrogen and oxygen atoms in total. The van der Waals surface area contributed by atoms with Crippen LogP contribution in [0.2, 0.25) is 0 Å². The summed E-state index contributed by atoms with van der Waals surface area (Å²) < 4.78 is 5.71. The third-order valence-electron chi connectivity index (χ3n) is 3.41. The molecule has 1 saturated carbocycles. The summed E-state index contributed by atoms with van der Waals surface area (Å²) in [5.41, 5.74) is 1.03. The van der Waals surface area contributed by atoms with Crippen molar-refractivity contribution in [2.24, 2.45) is 5.92 Å². The van der Waals surface area contributed by atoms with Gasteiger partial charge in [0.1, 0.15) is 6.10 Å². The topological polar surface area (TPSA) is 26.3 Å². The zero-order chi connectivity index (χ0) is 11.0. The van der Waals surface area contributed by atoms with Crippen LogP contribution in [0.1, 0.15) is 24.8 Å². The summed E-state index contributed by atoms with van der Waals surface area (Å²) in [6.45, 7) is 0. The van der Waals surface area contributed by atoms with Crippen molar-refractivity contribution in [3.8, 4) is 0 Å². The van der Waals surface area contributed by atoms with Crippen LogP contribution in [0.4, 0.5) is 0 Å². The fraction of sp³-hybridized carbons (Fsp3) is 0.357. The number of carbonyl (C=O) groups is 1. The Hall–Kier alpha value is -1.57. The largest absolute Gasteiger partial charge is 0.486 e. The molecule has 2 heteroatoms. The molecule has 0 radical (unpaired) electrons. The van der Waals surface area contributed by atoms with Crippen molar-refractivity contribution in [1.82, 2.24) is 0 Å². The summed E-state index contributed by atoms with van der Waals surface area (Å²) in [6.07, 6.45) is 5.17. The van der Waals surface area contributed by atoms with Gasteiger partial charge in [-0.25, -0.2) is 0 Å². The second-order valence-corrected chi connectivity index (χ2v) is 4.48. The molecular weight excluding hydrogens is 200 g/mol. The second kappa shape index (κ2) is 3.78. The van der Waals surface area contributed by atoms with Gasteiger partial charge >= 0.3 is 0 Å². The SMILES string of the molecule is O=C1/C(=C\c2ccccc2)O[C@@H]2CCC[C@H]12. The van der Waals surface area contributed by atoms with Crippen molar-refractivity contribution in [1.29, 1.82) is 0 Å². The van der Waals surface area contributed by atoms with E-state index in [4.69, 9.17) is 4.74 Å². The average Bonchev–Trinajstić information content (AvgIpc) is 2.86. The molecule has 2 fully saturated rings. The summed E-state index contributed by atoms with van der Waals surface area (Å²) in [7, 11) is 0. The highest BCUT2D eigenvalue weighted by atomic mass is 16.5. The van der Waals surface area contributed by atoms with Crippen molar-refractivity contribution >= 4 is 11.9 Å². The highest BCUT2D eigenvalue weighted by molar-refractivity contribution is 6.01. The van der Waals surface area contributed by atoms with Crippen LogP contribution in [0.5, 0.6) is 0 Å². The van der Waals surface area contributed by atoms with Crippen LogP contribution in [0.15, 0.2) is 36.1 Å². The molecule has 2 atom stereocenters. The van der Waals surface area contributed by atoms with E-state index < -0.39 is 0 Å². The third-order valence-corrected chi connectivity index (χ3v) is 3.41. The molecule has 1 heterocycles. The molecule has 1 aliphatic carbocycles. The normalized spacial score (nSPS) is 30.5. The van der Waals surface area contributed by atoms with E-state index in [0.29, 0.717) is 5.76 Å². The Morgan fingerprint density at radius 3 is 2.75 bits per heavy atom. The van der Waals surface area contributed by atoms with Crippen molar-refractivity contribution in [3.63, 3.8) is 0 Å². The molecular formula is C14H14O2. The lowest BCUT2D eigenvalue weighted by molar-refractivity contribution is -0.117. The number of carbonyl (C=O) groups excluding carboxylic acids is 1. The first-order valence-electron chi connectivity index (χ1n) is 5.82. The molecule has 0 spiro atoms. The fourth-order valence-electron chi connectivity index (χ4n) is 2.58. The summed E-state index contributed by atoms with van der Waals surface area (Å²) in [5, 5.41) is 0. The molecule has 0 unspecified atom stereocenters. The van der Waals surface area contributed by atoms with Crippen LogP contribution in [-0.2, 0) is 9.53 Å². The van der Waals surface area contributed by atoms with Gasteiger partial charge in [0.05, 0.1) is 5.92 Å². The Balaban J connectivity index is 1.87. The number of ketones is 1. The Bertz CT molecular complexity index is 433. The molecule has 0 N–H and O–H groups in total. The molecule has 1 aliphatic heterocycles. The molecule has 1 aromatic rings. The van der Waals surface area contributed by atoms with Gasteiger partial charge in [-0.05, 0) is 30.9 Å². The molecule has 0 aromatic heterocycles. The predicted molar refractivity (Wildman–Crippen MR) is 61.6 cm³/mol. The van der Waals surface area contributed by atoms with Gasteiger partial charge in [-0.15, -0.1) is 0 Å². The van der Waals surface area contributed by atoms with Gasteiger partial charge in [0.2, 0.25) is 5.78 Å². The van der Waals surface area contributed by atoms with E-state index in [0.717, 1.165) is 24.8 Å². The van der Waals surface area contributed by atoms with Crippen molar-refractivity contribution < 1.29 is 9.53 Å². The van der Waals surface area contributed by atoms with Crippen LogP contribution in [0, 0.1) is 5.92 Å². The summed E-state index contributed by atoms with van der Waals surface area (Å²) >= 11 is 0. The number of ether oxygens (including phenoxy) is 1. The molecule has 82 valence electrons. The molecule has 0 bridgehead atoms. The first-order chi connectivity index (χ1) is 7.84. The summed E-state index contributed by atoms with van der Waals surface area (Å²) in [4.78, 5) is 12.0. The van der Waals surface area contributed by atoms with Crippen molar-refractivity contribution in [2.75, 3.05) is 0 Å². The standard InChI is InChI=1S/C14H14O2/c15-14-11-7-4-8-12(11)16-13(14)9-10-5-2-1-3-6-10/h1-3,5-6,9,11-12H,4,7-8H2/b13-9+/t11-,12+/m0/s1. The minimum absolute atomic E-state index is 0.134. The number of benzene rings is 1. The van der Waals surface area contributed by atoms with Gasteiger partial charge < -0.3 is 4.74 Å². The molecule has 1 aromatic carbocycles. The first-order valence-corrected chi connectivity index (χ1v) is 5.82. The second-order valence-electron chi connectivity index (χ2n) is 4.48. The summed E-state index contributed by atoms with van der Waals surface area (Å²) in [5.74, 6) is 0.891. The lowest BCUT2D eigenvalue weighted by Crippen LogP contribution is -2.12. The number of allylic oxidation sites excluding steroid dienone is 1. The monoisotopic (exact) mass is 214 g/mol. The lowest BCUT2D eigenvalue weighted by Gasteiger charge is -2.05. The zero-order valence-electron chi connectivity index (χ0n) is 9.06. The number of hydrogen-bond acceptors (Lipinski definition) is 2. The molecule has 2 aliphatic rings. The maximum atomic E-state index is 12.0. The minimum atomic E-state index is 0.134. The van der Waals surface area contributed by atoms with E-state index in [1.54, 1.807) is 0 Å². The predicted octanol–water partition coefficient (Wildman–Crippen LogP) is 2.80. The Kier molecular flexibility index (Phi) is 2.28. The highest BCUT2D eigenvalue weighted by Gasteiger charge is 2.43. The Morgan fingerprint density at radius 1 is 1.19 bits per heavy atom. The molecule has 16 heavy (non-hydrogen) atoms. The lowest BCUT2D eigenvalue weighted by atomic mass is 10.0. The zero-order valence-corrected chi connectivity index (χ0v) is 9.06. The quantitative estimate of drug-likeness (QED) is 0.672. The first kappa shape index (κ1) is 9.64. The average molecular weight is 214 g/mol. The third kappa shape index (κ3) is 1.54. The van der Waals surface area contributed by atoms with E-state index in [-0.39, 0.29) is 17.8 Å². The maximum absolute atomic E-state index is 12.0. The fourth-order valence-corrected chi connectivity index (χ4v) is 2.58. The van der Waals surface area contributed by atoms with Gasteiger partial charge in [0, 0.05) is 0 Å². The van der Waals surface area contributed by atoms with Gasteiger partial charge in [0.25, 0.3) is 0 Å². The molecule has 1 saturated heterocycles. The van der Waals surface area contributed by atoms with Crippen LogP contribution in [0.25, 0.3) is 6.08 Å². The van der Waals surface area contributed by atoms with Gasteiger partial charge in [-0.2, -0.15) is 0 Å². The van der Waals surface area contributed by atoms with Crippen molar-refractivity contribution in [3.05, 3.63) is 41.7 Å². The van der Waals surface area contributed by atoms with E-state index in [1.807, 2.05) is 36.4 Å². The Labute approximate surface area is 94.9 Å². The number of hydrogen-bond donors (Lipinski definition) is 0. The van der Waals surface area contributed by atoms with Crippen LogP contribution in [-0.4, -0.2) is 11.9 Å². The molecule has 3 rings (SSSR count). The maximum Gasteiger partial charge on any atom is 0.204 e.